The van der Waals surface area contributed by atoms with Crippen LogP contribution >= 0.6 is 0 Å². The first-order valence-corrected chi connectivity index (χ1v) is 11.0. The summed E-state index contributed by atoms with van der Waals surface area (Å²) in [6.45, 7) is 7.98. The summed E-state index contributed by atoms with van der Waals surface area (Å²) < 4.78 is 35.1. The van der Waals surface area contributed by atoms with Crippen LogP contribution in [0.2, 0.25) is 0 Å². The van der Waals surface area contributed by atoms with Gasteiger partial charge in [-0.25, -0.2) is 13.8 Å². The number of hydrogen-bond acceptors (Lipinski definition) is 4. The molecule has 0 unspecified atom stereocenters. The fourth-order valence-electron chi connectivity index (χ4n) is 3.91. The van der Waals surface area contributed by atoms with E-state index in [1.165, 1.54) is 18.2 Å². The van der Waals surface area contributed by atoms with Crippen LogP contribution in [0.25, 0.3) is 11.1 Å². The molecule has 1 aliphatic heterocycles. The highest BCUT2D eigenvalue weighted by molar-refractivity contribution is 6.08. The number of anilines is 2. The Morgan fingerprint density at radius 2 is 1.79 bits per heavy atom. The summed E-state index contributed by atoms with van der Waals surface area (Å²) >= 11 is 0. The minimum atomic E-state index is -0.611. The van der Waals surface area contributed by atoms with E-state index >= 15 is 0 Å². The van der Waals surface area contributed by atoms with Crippen molar-refractivity contribution in [2.24, 2.45) is 0 Å². The number of halogens is 2. The number of benzene rings is 2. The maximum absolute atomic E-state index is 14.8. The van der Waals surface area contributed by atoms with Crippen molar-refractivity contribution in [1.82, 2.24) is 4.98 Å². The first-order valence-electron chi connectivity index (χ1n) is 11.0. The lowest BCUT2D eigenvalue weighted by Gasteiger charge is -2.30. The average molecular weight is 452 g/mol. The Morgan fingerprint density at radius 1 is 1.03 bits per heavy atom. The molecule has 33 heavy (non-hydrogen) atoms. The molecule has 0 atom stereocenters. The van der Waals surface area contributed by atoms with Gasteiger partial charge in [-0.15, -0.1) is 0 Å². The van der Waals surface area contributed by atoms with Crippen LogP contribution < -0.4 is 10.2 Å². The minimum absolute atomic E-state index is 0.0770. The molecule has 0 spiro atoms. The molecule has 1 aromatic heterocycles. The number of hydrogen-bond donors (Lipinski definition) is 1. The van der Waals surface area contributed by atoms with Crippen LogP contribution in [0.5, 0.6) is 0 Å². The number of carbonyl (C=O) groups is 1. The molecule has 0 aliphatic carbocycles. The number of pyridine rings is 1. The van der Waals surface area contributed by atoms with Gasteiger partial charge >= 0.3 is 0 Å². The van der Waals surface area contributed by atoms with Gasteiger partial charge in [0, 0.05) is 30.4 Å². The first kappa shape index (κ1) is 22.9. The number of ether oxygens (including phenoxy) is 1. The zero-order valence-electron chi connectivity index (χ0n) is 19.0. The van der Waals surface area contributed by atoms with Crippen molar-refractivity contribution in [2.75, 3.05) is 36.5 Å². The molecule has 1 saturated heterocycles. The fourth-order valence-corrected chi connectivity index (χ4v) is 3.91. The van der Waals surface area contributed by atoms with Crippen LogP contribution in [-0.2, 0) is 4.74 Å². The first-order chi connectivity index (χ1) is 15.8. The number of aryl methyl sites for hydroxylation is 1. The van der Waals surface area contributed by atoms with Gasteiger partial charge in [-0.3, -0.25) is 4.79 Å². The highest BCUT2D eigenvalue weighted by Crippen LogP contribution is 2.37. The minimum Gasteiger partial charge on any atom is -0.378 e. The van der Waals surface area contributed by atoms with Crippen molar-refractivity contribution in [3.8, 4) is 11.1 Å². The number of aromatic nitrogens is 1. The highest BCUT2D eigenvalue weighted by atomic mass is 19.1. The van der Waals surface area contributed by atoms with E-state index in [4.69, 9.17) is 4.74 Å². The molecule has 1 amide bonds. The van der Waals surface area contributed by atoms with Crippen molar-refractivity contribution in [3.05, 3.63) is 77.0 Å². The lowest BCUT2D eigenvalue weighted by Crippen LogP contribution is -2.37. The van der Waals surface area contributed by atoms with Crippen LogP contribution in [0.3, 0.4) is 0 Å². The standard InChI is InChI=1S/C26H27F2N3O2/c1-16(2)18-5-6-20(23(28)15-18)26(32)30-24-19(21-14-17(3)4-7-22(21)27)8-9-29-25(24)31-10-12-33-13-11-31/h4-9,14-16H,10-13H2,1-3H3,(H,30,32). The van der Waals surface area contributed by atoms with E-state index in [-0.39, 0.29) is 11.5 Å². The van der Waals surface area contributed by atoms with Crippen LogP contribution in [-0.4, -0.2) is 37.2 Å². The average Bonchev–Trinajstić information content (AvgIpc) is 2.81. The molecule has 5 nitrogen and oxygen atoms in total. The number of nitrogens with one attached hydrogen (secondary N) is 1. The largest absolute Gasteiger partial charge is 0.378 e. The van der Waals surface area contributed by atoms with Crippen molar-refractivity contribution in [1.29, 1.82) is 0 Å². The quantitative estimate of drug-likeness (QED) is 0.553. The zero-order valence-corrected chi connectivity index (χ0v) is 19.0. The zero-order chi connectivity index (χ0) is 23.5. The molecule has 2 heterocycles. The summed E-state index contributed by atoms with van der Waals surface area (Å²) in [5.41, 5.74) is 2.79. The van der Waals surface area contributed by atoms with Crippen LogP contribution in [0.1, 0.15) is 41.3 Å². The fraction of sp³-hybridized carbons (Fsp3) is 0.308. The Bertz CT molecular complexity index is 1170. The molecule has 1 N–H and O–H groups in total. The Morgan fingerprint density at radius 3 is 2.48 bits per heavy atom. The molecule has 1 aliphatic rings. The lowest BCUT2D eigenvalue weighted by atomic mass is 10.00. The number of amides is 1. The molecule has 7 heteroatoms. The third-order valence-electron chi connectivity index (χ3n) is 5.80. The second-order valence-electron chi connectivity index (χ2n) is 8.49. The summed E-state index contributed by atoms with van der Waals surface area (Å²) in [6.07, 6.45) is 1.59. The second kappa shape index (κ2) is 9.67. The van der Waals surface area contributed by atoms with Gasteiger partial charge in [-0.1, -0.05) is 31.5 Å². The van der Waals surface area contributed by atoms with Crippen molar-refractivity contribution in [3.63, 3.8) is 0 Å². The molecule has 1 fully saturated rings. The number of morpholine rings is 1. The maximum Gasteiger partial charge on any atom is 0.258 e. The molecule has 0 saturated carbocycles. The van der Waals surface area contributed by atoms with E-state index in [0.717, 1.165) is 11.1 Å². The van der Waals surface area contributed by atoms with Gasteiger partial charge in [0.25, 0.3) is 5.91 Å². The van der Waals surface area contributed by atoms with E-state index in [0.29, 0.717) is 48.9 Å². The Kier molecular flexibility index (Phi) is 6.70. The second-order valence-corrected chi connectivity index (χ2v) is 8.49. The Balaban J connectivity index is 1.79. The third kappa shape index (κ3) is 4.88. The number of rotatable bonds is 5. The molecule has 172 valence electrons. The SMILES string of the molecule is Cc1ccc(F)c(-c2ccnc(N3CCOCC3)c2NC(=O)c2ccc(C(C)C)cc2F)c1. The molecule has 3 aromatic rings. The van der Waals surface area contributed by atoms with Crippen molar-refractivity contribution >= 4 is 17.4 Å². The highest BCUT2D eigenvalue weighted by Gasteiger charge is 2.24. The maximum atomic E-state index is 14.8. The lowest BCUT2D eigenvalue weighted by molar-refractivity contribution is 0.102. The van der Waals surface area contributed by atoms with Gasteiger partial charge in [0.15, 0.2) is 5.82 Å². The van der Waals surface area contributed by atoms with Crippen LogP contribution in [0.15, 0.2) is 48.7 Å². The van der Waals surface area contributed by atoms with Crippen molar-refractivity contribution < 1.29 is 18.3 Å². The Labute approximate surface area is 192 Å². The predicted molar refractivity (Wildman–Crippen MR) is 126 cm³/mol. The topological polar surface area (TPSA) is 54.5 Å². The summed E-state index contributed by atoms with van der Waals surface area (Å²) in [5.74, 6) is -0.982. The van der Waals surface area contributed by atoms with E-state index in [1.807, 2.05) is 25.7 Å². The normalized spacial score (nSPS) is 13.9. The van der Waals surface area contributed by atoms with Gasteiger partial charge in [-0.05, 0) is 48.7 Å². The number of nitrogens with zero attached hydrogens (tertiary/aromatic N) is 2. The molecule has 4 rings (SSSR count). The Hall–Kier alpha value is -3.32. The summed E-state index contributed by atoms with van der Waals surface area (Å²) in [6, 6.07) is 11.1. The van der Waals surface area contributed by atoms with Gasteiger partial charge in [-0.2, -0.15) is 0 Å². The molecular weight excluding hydrogens is 424 g/mol. The van der Waals surface area contributed by atoms with E-state index in [1.54, 1.807) is 30.5 Å². The summed E-state index contributed by atoms with van der Waals surface area (Å²) in [4.78, 5) is 19.6. The van der Waals surface area contributed by atoms with Crippen molar-refractivity contribution in [2.45, 2.75) is 26.7 Å². The number of carbonyl (C=O) groups excluding carboxylic acids is 1. The molecular formula is C26H27F2N3O2. The monoisotopic (exact) mass is 451 g/mol. The smallest absolute Gasteiger partial charge is 0.258 e. The van der Waals surface area contributed by atoms with Gasteiger partial charge < -0.3 is 15.0 Å². The summed E-state index contributed by atoms with van der Waals surface area (Å²) in [7, 11) is 0. The van der Waals surface area contributed by atoms with E-state index in [2.05, 4.69) is 10.3 Å². The molecule has 2 aromatic carbocycles. The predicted octanol–water partition coefficient (Wildman–Crippen LogP) is 5.55. The van der Waals surface area contributed by atoms with E-state index < -0.39 is 17.5 Å². The van der Waals surface area contributed by atoms with Gasteiger partial charge in [0.2, 0.25) is 0 Å². The van der Waals surface area contributed by atoms with E-state index in [9.17, 15) is 13.6 Å². The van der Waals surface area contributed by atoms with Crippen LogP contribution in [0.4, 0.5) is 20.3 Å². The van der Waals surface area contributed by atoms with Crippen LogP contribution in [0, 0.1) is 18.6 Å². The molecule has 0 bridgehead atoms. The van der Waals surface area contributed by atoms with Gasteiger partial charge in [0.1, 0.15) is 11.6 Å². The molecule has 0 radical (unpaired) electrons. The third-order valence-corrected chi connectivity index (χ3v) is 5.80. The van der Waals surface area contributed by atoms with Gasteiger partial charge in [0.05, 0.1) is 24.5 Å². The summed E-state index contributed by atoms with van der Waals surface area (Å²) in [5, 5.41) is 2.84.